The van der Waals surface area contributed by atoms with E-state index in [1.807, 2.05) is 0 Å². The fraction of sp³-hybridized carbons (Fsp3) is 0.643. The second kappa shape index (κ2) is 5.39. The molecule has 1 aromatic rings. The number of pyridine rings is 1. The lowest BCUT2D eigenvalue weighted by molar-refractivity contribution is -0.137. The average Bonchev–Trinajstić information content (AvgIpc) is 2.26. The van der Waals surface area contributed by atoms with Crippen LogP contribution in [0, 0.1) is 11.8 Å². The summed E-state index contributed by atoms with van der Waals surface area (Å²) in [5.74, 6) is 1.53. The van der Waals surface area contributed by atoms with Gasteiger partial charge in [0.25, 0.3) is 0 Å². The maximum Gasteiger partial charge on any atom is 0.416 e. The molecule has 0 saturated heterocycles. The molecule has 1 fully saturated rings. The van der Waals surface area contributed by atoms with Crippen LogP contribution in [0.3, 0.4) is 0 Å². The molecule has 1 aliphatic carbocycles. The second-order valence-electron chi connectivity index (χ2n) is 5.69. The van der Waals surface area contributed by atoms with Crippen LogP contribution in [0.25, 0.3) is 0 Å². The standard InChI is InChI=1S/C14H19F3N2/c1-9-5-10(2)7-12(6-9)19-13-8-11(3-4-18-13)14(15,16)17/h3-4,8-10,12H,5-7H2,1-2H3,(H,18,19). The molecule has 106 valence electrons. The number of hydrogen-bond donors (Lipinski definition) is 1. The zero-order chi connectivity index (χ0) is 14.0. The van der Waals surface area contributed by atoms with Crippen molar-refractivity contribution >= 4 is 5.82 Å². The first kappa shape index (κ1) is 14.2. The Morgan fingerprint density at radius 2 is 1.79 bits per heavy atom. The lowest BCUT2D eigenvalue weighted by Gasteiger charge is -2.32. The molecule has 1 saturated carbocycles. The number of alkyl halides is 3. The van der Waals surface area contributed by atoms with E-state index in [2.05, 4.69) is 24.1 Å². The molecule has 2 atom stereocenters. The number of halogens is 3. The Morgan fingerprint density at radius 3 is 2.37 bits per heavy atom. The van der Waals surface area contributed by atoms with E-state index in [4.69, 9.17) is 0 Å². The number of aromatic nitrogens is 1. The highest BCUT2D eigenvalue weighted by atomic mass is 19.4. The predicted octanol–water partition coefficient (Wildman–Crippen LogP) is 4.34. The molecule has 2 nitrogen and oxygen atoms in total. The van der Waals surface area contributed by atoms with Crippen molar-refractivity contribution in [2.24, 2.45) is 11.8 Å². The van der Waals surface area contributed by atoms with Crippen LogP contribution in [0.5, 0.6) is 0 Å². The van der Waals surface area contributed by atoms with Gasteiger partial charge >= 0.3 is 6.18 Å². The molecular formula is C14H19F3N2. The Kier molecular flexibility index (Phi) is 4.02. The molecule has 0 aromatic carbocycles. The van der Waals surface area contributed by atoms with Gasteiger partial charge in [-0.15, -0.1) is 0 Å². The maximum absolute atomic E-state index is 12.6. The van der Waals surface area contributed by atoms with Gasteiger partial charge in [-0.1, -0.05) is 13.8 Å². The summed E-state index contributed by atoms with van der Waals surface area (Å²) in [5, 5.41) is 3.14. The molecular weight excluding hydrogens is 253 g/mol. The van der Waals surface area contributed by atoms with Crippen molar-refractivity contribution in [3.63, 3.8) is 0 Å². The summed E-state index contributed by atoms with van der Waals surface area (Å²) in [6.07, 6.45) is 0.0616. The highest BCUT2D eigenvalue weighted by Gasteiger charge is 2.31. The molecule has 0 bridgehead atoms. The highest BCUT2D eigenvalue weighted by molar-refractivity contribution is 5.39. The minimum atomic E-state index is -4.31. The Hall–Kier alpha value is -1.26. The summed E-state index contributed by atoms with van der Waals surface area (Å²) in [7, 11) is 0. The van der Waals surface area contributed by atoms with Crippen molar-refractivity contribution in [1.29, 1.82) is 0 Å². The quantitative estimate of drug-likeness (QED) is 0.866. The van der Waals surface area contributed by atoms with Gasteiger partial charge < -0.3 is 5.32 Å². The third-order valence-electron chi connectivity index (χ3n) is 3.62. The first-order valence-corrected chi connectivity index (χ1v) is 6.64. The smallest absolute Gasteiger partial charge is 0.367 e. The Labute approximate surface area is 111 Å². The minimum Gasteiger partial charge on any atom is -0.367 e. The molecule has 2 rings (SSSR count). The van der Waals surface area contributed by atoms with Gasteiger partial charge in [0.15, 0.2) is 0 Å². The molecule has 1 aliphatic rings. The fourth-order valence-electron chi connectivity index (χ4n) is 2.96. The van der Waals surface area contributed by atoms with Gasteiger partial charge in [0.05, 0.1) is 5.56 Å². The lowest BCUT2D eigenvalue weighted by atomic mass is 9.80. The third-order valence-corrected chi connectivity index (χ3v) is 3.62. The summed E-state index contributed by atoms with van der Waals surface area (Å²) < 4.78 is 37.8. The van der Waals surface area contributed by atoms with Crippen LogP contribution in [0.4, 0.5) is 19.0 Å². The van der Waals surface area contributed by atoms with E-state index >= 15 is 0 Å². The van der Waals surface area contributed by atoms with E-state index in [1.165, 1.54) is 12.6 Å². The zero-order valence-electron chi connectivity index (χ0n) is 11.2. The molecule has 19 heavy (non-hydrogen) atoms. The minimum absolute atomic E-state index is 0.217. The predicted molar refractivity (Wildman–Crippen MR) is 68.8 cm³/mol. The molecule has 5 heteroatoms. The number of hydrogen-bond acceptors (Lipinski definition) is 2. The summed E-state index contributed by atoms with van der Waals surface area (Å²) in [5.41, 5.74) is -0.651. The monoisotopic (exact) mass is 272 g/mol. The first-order valence-electron chi connectivity index (χ1n) is 6.64. The Morgan fingerprint density at radius 1 is 1.16 bits per heavy atom. The number of rotatable bonds is 2. The highest BCUT2D eigenvalue weighted by Crippen LogP contribution is 2.32. The Bertz CT molecular complexity index is 421. The first-order chi connectivity index (χ1) is 8.84. The number of nitrogens with zero attached hydrogens (tertiary/aromatic N) is 1. The average molecular weight is 272 g/mol. The van der Waals surface area contributed by atoms with E-state index in [0.29, 0.717) is 17.7 Å². The van der Waals surface area contributed by atoms with Crippen molar-refractivity contribution in [2.75, 3.05) is 5.32 Å². The molecule has 0 aliphatic heterocycles. The van der Waals surface area contributed by atoms with Crippen molar-refractivity contribution in [2.45, 2.75) is 45.3 Å². The van der Waals surface area contributed by atoms with E-state index < -0.39 is 11.7 Å². The normalized spacial score (nSPS) is 28.2. The van der Waals surface area contributed by atoms with Crippen LogP contribution in [0.1, 0.15) is 38.7 Å². The summed E-state index contributed by atoms with van der Waals surface area (Å²) >= 11 is 0. The van der Waals surface area contributed by atoms with Crippen LogP contribution < -0.4 is 5.32 Å². The van der Waals surface area contributed by atoms with Gasteiger partial charge in [-0.25, -0.2) is 4.98 Å². The Balaban J connectivity index is 2.07. The topological polar surface area (TPSA) is 24.9 Å². The van der Waals surface area contributed by atoms with Gasteiger partial charge in [0.2, 0.25) is 0 Å². The van der Waals surface area contributed by atoms with E-state index in [-0.39, 0.29) is 6.04 Å². The van der Waals surface area contributed by atoms with Crippen molar-refractivity contribution in [3.8, 4) is 0 Å². The van der Waals surface area contributed by atoms with Crippen LogP contribution in [0.15, 0.2) is 18.3 Å². The van der Waals surface area contributed by atoms with E-state index in [0.717, 1.165) is 25.0 Å². The molecule has 0 spiro atoms. The van der Waals surface area contributed by atoms with Gasteiger partial charge in [0.1, 0.15) is 5.82 Å². The van der Waals surface area contributed by atoms with E-state index in [1.54, 1.807) is 0 Å². The molecule has 1 heterocycles. The van der Waals surface area contributed by atoms with Crippen molar-refractivity contribution in [3.05, 3.63) is 23.9 Å². The van der Waals surface area contributed by atoms with Crippen LogP contribution in [-0.4, -0.2) is 11.0 Å². The lowest BCUT2D eigenvalue weighted by Crippen LogP contribution is -2.30. The van der Waals surface area contributed by atoms with Crippen LogP contribution in [0.2, 0.25) is 0 Å². The summed E-state index contributed by atoms with van der Waals surface area (Å²) in [6, 6.07) is 2.30. The van der Waals surface area contributed by atoms with Crippen molar-refractivity contribution in [1.82, 2.24) is 4.98 Å². The maximum atomic E-state index is 12.6. The summed E-state index contributed by atoms with van der Waals surface area (Å²) in [6.45, 7) is 4.37. The van der Waals surface area contributed by atoms with Gasteiger partial charge in [-0.3, -0.25) is 0 Å². The number of nitrogens with one attached hydrogen (secondary N) is 1. The molecule has 2 unspecified atom stereocenters. The number of anilines is 1. The third kappa shape index (κ3) is 3.85. The van der Waals surface area contributed by atoms with E-state index in [9.17, 15) is 13.2 Å². The zero-order valence-corrected chi connectivity index (χ0v) is 11.2. The van der Waals surface area contributed by atoms with Gasteiger partial charge in [-0.2, -0.15) is 13.2 Å². The van der Waals surface area contributed by atoms with Crippen molar-refractivity contribution < 1.29 is 13.2 Å². The van der Waals surface area contributed by atoms with Gasteiger partial charge in [-0.05, 0) is 43.2 Å². The fourth-order valence-corrected chi connectivity index (χ4v) is 2.96. The SMILES string of the molecule is CC1CC(C)CC(Nc2cc(C(F)(F)F)ccn2)C1. The molecule has 0 amide bonds. The molecule has 1 N–H and O–H groups in total. The largest absolute Gasteiger partial charge is 0.416 e. The molecule has 1 aromatic heterocycles. The molecule has 0 radical (unpaired) electrons. The van der Waals surface area contributed by atoms with Gasteiger partial charge in [0, 0.05) is 12.2 Å². The summed E-state index contributed by atoms with van der Waals surface area (Å²) in [4.78, 5) is 3.99. The van der Waals surface area contributed by atoms with Crippen LogP contribution in [-0.2, 0) is 6.18 Å². The van der Waals surface area contributed by atoms with Crippen LogP contribution >= 0.6 is 0 Å². The second-order valence-corrected chi connectivity index (χ2v) is 5.69.